The van der Waals surface area contributed by atoms with E-state index in [-0.39, 0.29) is 36.3 Å². The Morgan fingerprint density at radius 2 is 1.89 bits per heavy atom. The maximum atomic E-state index is 12.3. The number of carbonyl (C=O) groups is 2. The van der Waals surface area contributed by atoms with Crippen LogP contribution in [0.1, 0.15) is 0 Å². The summed E-state index contributed by atoms with van der Waals surface area (Å²) >= 11 is 0. The van der Waals surface area contributed by atoms with Gasteiger partial charge in [-0.05, 0) is 18.2 Å². The Labute approximate surface area is 151 Å². The minimum atomic E-state index is -0.721. The summed E-state index contributed by atoms with van der Waals surface area (Å²) in [7, 11) is 0. The van der Waals surface area contributed by atoms with Gasteiger partial charge < -0.3 is 18.9 Å². The normalized spacial score (nSPS) is 14.4. The zero-order valence-electron chi connectivity index (χ0n) is 13.7. The number of amides is 1. The van der Waals surface area contributed by atoms with E-state index in [1.54, 1.807) is 6.07 Å². The largest absolute Gasteiger partial charge is 0.482 e. The SMILES string of the molecule is O=C(CN1C(=O)COc2ccc([N+](=O)[O-])cc21)Oc1ccc2c(c1)OCO2. The van der Waals surface area contributed by atoms with Crippen LogP contribution >= 0.6 is 0 Å². The lowest BCUT2D eigenvalue weighted by atomic mass is 10.2. The van der Waals surface area contributed by atoms with Crippen molar-refractivity contribution in [3.63, 3.8) is 0 Å². The van der Waals surface area contributed by atoms with Crippen molar-refractivity contribution in [1.29, 1.82) is 0 Å². The lowest BCUT2D eigenvalue weighted by molar-refractivity contribution is -0.384. The molecular formula is C17H12N2O8. The third kappa shape index (κ3) is 3.19. The molecule has 0 unspecified atom stereocenters. The van der Waals surface area contributed by atoms with E-state index in [2.05, 4.69) is 0 Å². The van der Waals surface area contributed by atoms with Crippen LogP contribution in [0.15, 0.2) is 36.4 Å². The van der Waals surface area contributed by atoms with Crippen LogP contribution < -0.4 is 23.8 Å². The fourth-order valence-corrected chi connectivity index (χ4v) is 2.71. The monoisotopic (exact) mass is 372 g/mol. The zero-order chi connectivity index (χ0) is 19.0. The van der Waals surface area contributed by atoms with Crippen LogP contribution in [0.25, 0.3) is 0 Å². The van der Waals surface area contributed by atoms with Crippen LogP contribution in [-0.4, -0.2) is 36.7 Å². The Balaban J connectivity index is 1.53. The molecule has 2 aromatic rings. The lowest BCUT2D eigenvalue weighted by Crippen LogP contribution is -2.43. The first-order valence-corrected chi connectivity index (χ1v) is 7.83. The molecule has 0 saturated heterocycles. The molecule has 10 nitrogen and oxygen atoms in total. The van der Waals surface area contributed by atoms with Crippen LogP contribution in [-0.2, 0) is 9.59 Å². The van der Waals surface area contributed by atoms with Gasteiger partial charge >= 0.3 is 5.97 Å². The van der Waals surface area contributed by atoms with Gasteiger partial charge in [0.25, 0.3) is 11.6 Å². The summed E-state index contributed by atoms with van der Waals surface area (Å²) in [5.74, 6) is 0.260. The minimum Gasteiger partial charge on any atom is -0.482 e. The first-order valence-electron chi connectivity index (χ1n) is 7.83. The molecule has 0 bridgehead atoms. The summed E-state index contributed by atoms with van der Waals surface area (Å²) in [5.41, 5.74) is -0.0794. The molecule has 0 atom stereocenters. The van der Waals surface area contributed by atoms with Gasteiger partial charge in [-0.2, -0.15) is 0 Å². The van der Waals surface area contributed by atoms with Crippen molar-refractivity contribution in [1.82, 2.24) is 0 Å². The van der Waals surface area contributed by atoms with Crippen molar-refractivity contribution in [3.8, 4) is 23.0 Å². The Morgan fingerprint density at radius 1 is 1.11 bits per heavy atom. The molecule has 0 aliphatic carbocycles. The number of anilines is 1. The summed E-state index contributed by atoms with van der Waals surface area (Å²) in [6.45, 7) is -0.614. The van der Waals surface area contributed by atoms with E-state index < -0.39 is 23.3 Å². The van der Waals surface area contributed by atoms with E-state index >= 15 is 0 Å². The summed E-state index contributed by atoms with van der Waals surface area (Å²) < 4.78 is 20.9. The zero-order valence-corrected chi connectivity index (χ0v) is 13.7. The van der Waals surface area contributed by atoms with Gasteiger partial charge in [0.05, 0.1) is 10.6 Å². The maximum Gasteiger partial charge on any atom is 0.331 e. The number of benzene rings is 2. The van der Waals surface area contributed by atoms with Gasteiger partial charge in [-0.3, -0.25) is 19.8 Å². The number of rotatable bonds is 4. The average molecular weight is 372 g/mol. The Bertz CT molecular complexity index is 958. The fraction of sp³-hybridized carbons (Fsp3) is 0.176. The van der Waals surface area contributed by atoms with Crippen molar-refractivity contribution in [2.75, 3.05) is 24.8 Å². The van der Waals surface area contributed by atoms with Crippen LogP contribution in [0.3, 0.4) is 0 Å². The Hall–Kier alpha value is -3.82. The molecule has 0 spiro atoms. The molecule has 0 N–H and O–H groups in total. The molecule has 2 heterocycles. The average Bonchev–Trinajstić information content (AvgIpc) is 3.11. The van der Waals surface area contributed by atoms with Crippen LogP contribution in [0.2, 0.25) is 0 Å². The standard InChI is InChI=1S/C17H12N2O8/c20-16-8-24-13-3-1-10(19(22)23)5-12(13)18(16)7-17(21)27-11-2-4-14-15(6-11)26-9-25-14/h1-6H,7-9H2. The Kier molecular flexibility index (Phi) is 3.99. The number of hydrogen-bond donors (Lipinski definition) is 0. The highest BCUT2D eigenvalue weighted by Crippen LogP contribution is 2.36. The van der Waals surface area contributed by atoms with Crippen molar-refractivity contribution >= 4 is 23.3 Å². The molecule has 0 aromatic heterocycles. The second kappa shape index (κ2) is 6.48. The molecule has 0 fully saturated rings. The molecule has 2 aromatic carbocycles. The number of nitrogens with zero attached hydrogens (tertiary/aromatic N) is 2. The molecule has 0 saturated carbocycles. The van der Waals surface area contributed by atoms with E-state index in [0.717, 1.165) is 4.90 Å². The molecule has 138 valence electrons. The number of nitro groups is 1. The predicted molar refractivity (Wildman–Crippen MR) is 89.1 cm³/mol. The number of esters is 1. The fourth-order valence-electron chi connectivity index (χ4n) is 2.71. The highest BCUT2D eigenvalue weighted by molar-refractivity contribution is 6.01. The molecule has 10 heteroatoms. The lowest BCUT2D eigenvalue weighted by Gasteiger charge is -2.28. The van der Waals surface area contributed by atoms with Crippen LogP contribution in [0.4, 0.5) is 11.4 Å². The predicted octanol–water partition coefficient (Wildman–Crippen LogP) is 1.65. The number of ether oxygens (including phenoxy) is 4. The molecular weight excluding hydrogens is 360 g/mol. The number of carbonyl (C=O) groups excluding carboxylic acids is 2. The van der Waals surface area contributed by atoms with Gasteiger partial charge in [0, 0.05) is 18.2 Å². The first-order chi connectivity index (χ1) is 13.0. The number of hydrogen-bond acceptors (Lipinski definition) is 8. The summed E-state index contributed by atoms with van der Waals surface area (Å²) in [5, 5.41) is 11.0. The number of nitro benzene ring substituents is 1. The number of fused-ring (bicyclic) bond motifs is 2. The second-order valence-electron chi connectivity index (χ2n) is 5.67. The van der Waals surface area contributed by atoms with Gasteiger partial charge in [0.2, 0.25) is 6.79 Å². The van der Waals surface area contributed by atoms with Crippen molar-refractivity contribution in [2.45, 2.75) is 0 Å². The maximum absolute atomic E-state index is 12.3. The van der Waals surface area contributed by atoms with Crippen molar-refractivity contribution in [2.24, 2.45) is 0 Å². The first kappa shape index (κ1) is 16.6. The minimum absolute atomic E-state index is 0.0879. The van der Waals surface area contributed by atoms with Crippen LogP contribution in [0.5, 0.6) is 23.0 Å². The second-order valence-corrected chi connectivity index (χ2v) is 5.67. The van der Waals surface area contributed by atoms with Gasteiger partial charge in [0.1, 0.15) is 18.0 Å². The van der Waals surface area contributed by atoms with Crippen molar-refractivity contribution < 1.29 is 33.5 Å². The molecule has 1 amide bonds. The Morgan fingerprint density at radius 3 is 2.70 bits per heavy atom. The van der Waals surface area contributed by atoms with Gasteiger partial charge in [-0.15, -0.1) is 0 Å². The van der Waals surface area contributed by atoms with E-state index in [1.165, 1.54) is 30.3 Å². The summed E-state index contributed by atoms with van der Waals surface area (Å²) in [6.07, 6.45) is 0. The van der Waals surface area contributed by atoms with Gasteiger partial charge in [-0.25, -0.2) is 4.79 Å². The smallest absolute Gasteiger partial charge is 0.331 e. The van der Waals surface area contributed by atoms with Crippen LogP contribution in [0, 0.1) is 10.1 Å². The topological polar surface area (TPSA) is 117 Å². The quantitative estimate of drug-likeness (QED) is 0.344. The summed E-state index contributed by atoms with van der Waals surface area (Å²) in [6, 6.07) is 8.46. The third-order valence-corrected chi connectivity index (χ3v) is 3.96. The highest BCUT2D eigenvalue weighted by Gasteiger charge is 2.30. The van der Waals surface area contributed by atoms with E-state index in [9.17, 15) is 19.7 Å². The molecule has 0 radical (unpaired) electrons. The molecule has 2 aliphatic heterocycles. The molecule has 4 rings (SSSR count). The summed E-state index contributed by atoms with van der Waals surface area (Å²) in [4.78, 5) is 35.9. The van der Waals surface area contributed by atoms with E-state index in [0.29, 0.717) is 11.5 Å². The highest BCUT2D eigenvalue weighted by atomic mass is 16.7. The molecule has 2 aliphatic rings. The number of non-ortho nitro benzene ring substituents is 1. The third-order valence-electron chi connectivity index (χ3n) is 3.96. The van der Waals surface area contributed by atoms with Crippen molar-refractivity contribution in [3.05, 3.63) is 46.5 Å². The van der Waals surface area contributed by atoms with E-state index in [4.69, 9.17) is 18.9 Å². The molecule has 27 heavy (non-hydrogen) atoms. The van der Waals surface area contributed by atoms with Gasteiger partial charge in [-0.1, -0.05) is 0 Å². The van der Waals surface area contributed by atoms with Gasteiger partial charge in [0.15, 0.2) is 18.1 Å². The van der Waals surface area contributed by atoms with E-state index in [1.807, 2.05) is 0 Å².